The summed E-state index contributed by atoms with van der Waals surface area (Å²) in [5.74, 6) is 0.131. The van der Waals surface area contributed by atoms with Gasteiger partial charge in [-0.25, -0.2) is 0 Å². The first-order valence-corrected chi connectivity index (χ1v) is 9.79. The van der Waals surface area contributed by atoms with Gasteiger partial charge in [0.15, 0.2) is 12.6 Å². The van der Waals surface area contributed by atoms with Crippen LogP contribution in [-0.4, -0.2) is 44.0 Å². The highest BCUT2D eigenvalue weighted by atomic mass is 16.5. The van der Waals surface area contributed by atoms with E-state index in [-0.39, 0.29) is 24.3 Å². The number of hydrogen-bond acceptors (Lipinski definition) is 4. The third kappa shape index (κ3) is 6.89. The van der Waals surface area contributed by atoms with Crippen LogP contribution in [0.3, 0.4) is 0 Å². The maximum Gasteiger partial charge on any atom is 0.282 e. The molecule has 0 aliphatic rings. The molecular weight excluding hydrogens is 384 g/mol. The van der Waals surface area contributed by atoms with Crippen molar-refractivity contribution in [1.82, 2.24) is 0 Å². The second kappa shape index (κ2) is 11.0. The average molecular weight is 413 g/mol. The Bertz CT molecular complexity index is 883. The van der Waals surface area contributed by atoms with Gasteiger partial charge in [-0.3, -0.25) is 14.4 Å². The highest BCUT2D eigenvalue weighted by Crippen LogP contribution is 2.16. The van der Waals surface area contributed by atoms with Crippen LogP contribution in [0.5, 0.6) is 5.75 Å². The summed E-state index contributed by atoms with van der Waals surface area (Å²) >= 11 is 0. The molecule has 1 unspecified atom stereocenters. The lowest BCUT2D eigenvalue weighted by molar-refractivity contribution is -0.904. The molecule has 2 aromatic carbocycles. The molecule has 3 amide bonds. The van der Waals surface area contributed by atoms with Crippen molar-refractivity contribution in [3.63, 3.8) is 0 Å². The monoisotopic (exact) mass is 413 g/mol. The second-order valence-corrected chi connectivity index (χ2v) is 6.94. The molecule has 8 nitrogen and oxygen atoms in total. The number of ether oxygens (including phenoxy) is 1. The molecule has 30 heavy (non-hydrogen) atoms. The van der Waals surface area contributed by atoms with E-state index in [1.165, 1.54) is 6.92 Å². The van der Waals surface area contributed by atoms with E-state index in [9.17, 15) is 14.4 Å². The lowest BCUT2D eigenvalue weighted by Gasteiger charge is -2.23. The lowest BCUT2D eigenvalue weighted by Crippen LogP contribution is -3.17. The van der Waals surface area contributed by atoms with Crippen molar-refractivity contribution in [3.8, 4) is 5.75 Å². The summed E-state index contributed by atoms with van der Waals surface area (Å²) in [4.78, 5) is 37.0. The first-order valence-electron chi connectivity index (χ1n) is 9.79. The zero-order valence-corrected chi connectivity index (χ0v) is 17.7. The quantitative estimate of drug-likeness (QED) is 0.501. The van der Waals surface area contributed by atoms with Crippen molar-refractivity contribution in [2.75, 3.05) is 36.1 Å². The third-order valence-corrected chi connectivity index (χ3v) is 4.67. The van der Waals surface area contributed by atoms with Crippen molar-refractivity contribution < 1.29 is 24.0 Å². The lowest BCUT2D eigenvalue weighted by atomic mass is 10.2. The van der Waals surface area contributed by atoms with Crippen LogP contribution >= 0.6 is 0 Å². The van der Waals surface area contributed by atoms with E-state index in [1.54, 1.807) is 62.6 Å². The van der Waals surface area contributed by atoms with E-state index in [0.29, 0.717) is 29.4 Å². The molecule has 0 radical (unpaired) electrons. The molecule has 8 heteroatoms. The summed E-state index contributed by atoms with van der Waals surface area (Å²) < 4.78 is 5.17. The molecule has 2 aromatic rings. The van der Waals surface area contributed by atoms with Gasteiger partial charge in [-0.15, -0.1) is 0 Å². The van der Waals surface area contributed by atoms with Crippen LogP contribution in [-0.2, 0) is 14.4 Å². The fraction of sp³-hybridized carbons (Fsp3) is 0.318. The Hall–Kier alpha value is -3.39. The zero-order valence-electron chi connectivity index (χ0n) is 17.7. The van der Waals surface area contributed by atoms with Crippen molar-refractivity contribution in [2.24, 2.45) is 0 Å². The normalized spacial score (nSPS) is 12.4. The van der Waals surface area contributed by atoms with E-state index in [2.05, 4.69) is 16.0 Å². The SMILES string of the molecule is CC[NH+](CC(=O)Nc1ccc(NC(C)=O)cc1)[C@@H](C)C(=O)Nc1cccc(OC)c1. The van der Waals surface area contributed by atoms with Crippen molar-refractivity contribution in [1.29, 1.82) is 0 Å². The highest BCUT2D eigenvalue weighted by Gasteiger charge is 2.26. The Labute approximate surface area is 176 Å². The van der Waals surface area contributed by atoms with Gasteiger partial charge >= 0.3 is 0 Å². The number of methoxy groups -OCH3 is 1. The Kier molecular flexibility index (Phi) is 8.37. The van der Waals surface area contributed by atoms with Crippen LogP contribution in [0.1, 0.15) is 20.8 Å². The smallest absolute Gasteiger partial charge is 0.282 e. The average Bonchev–Trinajstić information content (AvgIpc) is 2.72. The number of likely N-dealkylation sites (N-methyl/N-ethyl adjacent to an activating group) is 1. The van der Waals surface area contributed by atoms with Gasteiger partial charge in [0, 0.05) is 30.1 Å². The molecular formula is C22H29N4O4+. The first-order chi connectivity index (χ1) is 14.3. The van der Waals surface area contributed by atoms with Gasteiger partial charge in [0.05, 0.1) is 13.7 Å². The number of anilines is 3. The van der Waals surface area contributed by atoms with E-state index >= 15 is 0 Å². The molecule has 2 atom stereocenters. The summed E-state index contributed by atoms with van der Waals surface area (Å²) in [7, 11) is 1.57. The fourth-order valence-corrected chi connectivity index (χ4v) is 2.97. The molecule has 0 heterocycles. The molecule has 0 aliphatic heterocycles. The topological polar surface area (TPSA) is 101 Å². The number of rotatable bonds is 9. The molecule has 0 aromatic heterocycles. The van der Waals surface area contributed by atoms with E-state index in [4.69, 9.17) is 4.74 Å². The summed E-state index contributed by atoms with van der Waals surface area (Å²) in [5, 5.41) is 8.37. The molecule has 0 fully saturated rings. The van der Waals surface area contributed by atoms with Crippen LogP contribution in [0.4, 0.5) is 17.1 Å². The zero-order chi connectivity index (χ0) is 22.1. The van der Waals surface area contributed by atoms with E-state index < -0.39 is 6.04 Å². The molecule has 0 bridgehead atoms. The highest BCUT2D eigenvalue weighted by molar-refractivity contribution is 5.95. The third-order valence-electron chi connectivity index (χ3n) is 4.67. The number of hydrogen-bond donors (Lipinski definition) is 4. The standard InChI is InChI=1S/C22H28N4O4/c1-5-26(15(2)22(29)25-19-7-6-8-20(13-19)30-4)14-21(28)24-18-11-9-17(10-12-18)23-16(3)27/h6-13,15H,5,14H2,1-4H3,(H,23,27)(H,24,28)(H,25,29)/p+1/t15-/m0/s1. The number of carbonyl (C=O) groups excluding carboxylic acids is 3. The summed E-state index contributed by atoms with van der Waals surface area (Å²) in [6, 6.07) is 13.6. The summed E-state index contributed by atoms with van der Waals surface area (Å²) in [6.07, 6.45) is 0. The van der Waals surface area contributed by atoms with Gasteiger partial charge in [-0.2, -0.15) is 0 Å². The van der Waals surface area contributed by atoms with E-state index in [0.717, 1.165) is 4.90 Å². The van der Waals surface area contributed by atoms with Gasteiger partial charge in [-0.1, -0.05) is 6.07 Å². The molecule has 0 spiro atoms. The number of carbonyl (C=O) groups is 3. The van der Waals surface area contributed by atoms with Crippen LogP contribution in [0.15, 0.2) is 48.5 Å². The minimum Gasteiger partial charge on any atom is -0.497 e. The Morgan fingerprint density at radius 3 is 2.17 bits per heavy atom. The van der Waals surface area contributed by atoms with Crippen LogP contribution in [0.25, 0.3) is 0 Å². The molecule has 0 saturated heterocycles. The van der Waals surface area contributed by atoms with Crippen molar-refractivity contribution in [2.45, 2.75) is 26.8 Å². The van der Waals surface area contributed by atoms with Crippen LogP contribution in [0, 0.1) is 0 Å². The molecule has 160 valence electrons. The van der Waals surface area contributed by atoms with Crippen LogP contribution in [0.2, 0.25) is 0 Å². The molecule has 0 aliphatic carbocycles. The van der Waals surface area contributed by atoms with Gasteiger partial charge in [0.2, 0.25) is 5.91 Å². The Morgan fingerprint density at radius 2 is 1.60 bits per heavy atom. The largest absolute Gasteiger partial charge is 0.497 e. The summed E-state index contributed by atoms with van der Waals surface area (Å²) in [6.45, 7) is 5.92. The minimum atomic E-state index is -0.422. The number of amides is 3. The van der Waals surface area contributed by atoms with Crippen LogP contribution < -0.4 is 25.6 Å². The minimum absolute atomic E-state index is 0.149. The Morgan fingerprint density at radius 1 is 0.967 bits per heavy atom. The maximum atomic E-state index is 12.6. The van der Waals surface area contributed by atoms with Crippen molar-refractivity contribution in [3.05, 3.63) is 48.5 Å². The number of benzene rings is 2. The van der Waals surface area contributed by atoms with Gasteiger partial charge < -0.3 is 25.6 Å². The van der Waals surface area contributed by atoms with Gasteiger partial charge in [0.1, 0.15) is 5.75 Å². The Balaban J connectivity index is 1.93. The molecule has 4 N–H and O–H groups in total. The second-order valence-electron chi connectivity index (χ2n) is 6.94. The molecule has 0 saturated carbocycles. The summed E-state index contributed by atoms with van der Waals surface area (Å²) in [5.41, 5.74) is 1.92. The van der Waals surface area contributed by atoms with E-state index in [1.807, 2.05) is 6.92 Å². The van der Waals surface area contributed by atoms with Crippen molar-refractivity contribution >= 4 is 34.8 Å². The molecule has 2 rings (SSSR count). The predicted octanol–water partition coefficient (Wildman–Crippen LogP) is 1.52. The number of quaternary nitrogens is 1. The van der Waals surface area contributed by atoms with Gasteiger partial charge in [0.25, 0.3) is 11.8 Å². The predicted molar refractivity (Wildman–Crippen MR) is 117 cm³/mol. The maximum absolute atomic E-state index is 12.6. The number of nitrogens with one attached hydrogen (secondary N) is 4. The first kappa shape index (κ1) is 22.9. The van der Waals surface area contributed by atoms with Gasteiger partial charge in [-0.05, 0) is 50.2 Å². The fourth-order valence-electron chi connectivity index (χ4n) is 2.97.